The Morgan fingerprint density at radius 1 is 1.16 bits per heavy atom. The number of tetrazole rings is 1. The first-order valence-corrected chi connectivity index (χ1v) is 7.93. The standard InChI is InChI=1S/C18H19N5O2/c1-13(15-10-6-7-11-16(15)25-2)19-17(24)12-23-21-18(20-22-23)14-8-4-3-5-9-14/h3-11,13H,12H2,1-2H3,(H,19,24). The summed E-state index contributed by atoms with van der Waals surface area (Å²) in [5, 5.41) is 15.1. The summed E-state index contributed by atoms with van der Waals surface area (Å²) < 4.78 is 5.33. The molecular weight excluding hydrogens is 318 g/mol. The normalized spacial score (nSPS) is 11.8. The molecule has 7 nitrogen and oxygen atoms in total. The van der Waals surface area contributed by atoms with E-state index in [2.05, 4.69) is 20.7 Å². The van der Waals surface area contributed by atoms with Crippen LogP contribution in [0, 0.1) is 0 Å². The topological polar surface area (TPSA) is 81.9 Å². The zero-order valence-electron chi connectivity index (χ0n) is 14.1. The van der Waals surface area contributed by atoms with Crippen LogP contribution in [-0.2, 0) is 11.3 Å². The Bertz CT molecular complexity index is 847. The molecule has 1 atom stereocenters. The highest BCUT2D eigenvalue weighted by atomic mass is 16.5. The number of benzene rings is 2. The van der Waals surface area contributed by atoms with Gasteiger partial charge >= 0.3 is 0 Å². The van der Waals surface area contributed by atoms with E-state index in [1.807, 2.05) is 61.5 Å². The van der Waals surface area contributed by atoms with E-state index in [1.165, 1.54) is 4.80 Å². The van der Waals surface area contributed by atoms with Crippen molar-refractivity contribution < 1.29 is 9.53 Å². The number of methoxy groups -OCH3 is 1. The lowest BCUT2D eigenvalue weighted by Gasteiger charge is -2.16. The molecule has 1 amide bonds. The summed E-state index contributed by atoms with van der Waals surface area (Å²) in [5.41, 5.74) is 1.77. The van der Waals surface area contributed by atoms with Gasteiger partial charge in [-0.05, 0) is 18.2 Å². The Hall–Kier alpha value is -3.22. The van der Waals surface area contributed by atoms with Gasteiger partial charge in [0, 0.05) is 11.1 Å². The van der Waals surface area contributed by atoms with Crippen LogP contribution in [0.15, 0.2) is 54.6 Å². The van der Waals surface area contributed by atoms with E-state index < -0.39 is 0 Å². The molecule has 3 aromatic rings. The van der Waals surface area contributed by atoms with Gasteiger partial charge in [0.1, 0.15) is 12.3 Å². The smallest absolute Gasteiger partial charge is 0.244 e. The lowest BCUT2D eigenvalue weighted by molar-refractivity contribution is -0.122. The fraction of sp³-hybridized carbons (Fsp3) is 0.222. The lowest BCUT2D eigenvalue weighted by Crippen LogP contribution is -2.31. The molecule has 2 aromatic carbocycles. The SMILES string of the molecule is COc1ccccc1C(C)NC(=O)Cn1nnc(-c2ccccc2)n1. The second-order valence-corrected chi connectivity index (χ2v) is 5.54. The lowest BCUT2D eigenvalue weighted by atomic mass is 10.1. The highest BCUT2D eigenvalue weighted by molar-refractivity contribution is 5.76. The molecular formula is C18H19N5O2. The number of para-hydroxylation sites is 1. The molecule has 1 N–H and O–H groups in total. The summed E-state index contributed by atoms with van der Waals surface area (Å²) in [6, 6.07) is 16.9. The number of nitrogens with one attached hydrogen (secondary N) is 1. The number of aromatic nitrogens is 4. The first-order valence-electron chi connectivity index (χ1n) is 7.93. The fourth-order valence-electron chi connectivity index (χ4n) is 2.53. The van der Waals surface area contributed by atoms with Gasteiger partial charge < -0.3 is 10.1 Å². The molecule has 0 saturated heterocycles. The van der Waals surface area contributed by atoms with Crippen molar-refractivity contribution in [1.29, 1.82) is 0 Å². The maximum absolute atomic E-state index is 12.3. The van der Waals surface area contributed by atoms with Crippen LogP contribution in [0.2, 0.25) is 0 Å². The van der Waals surface area contributed by atoms with Crippen LogP contribution in [0.3, 0.4) is 0 Å². The zero-order valence-corrected chi connectivity index (χ0v) is 14.1. The van der Waals surface area contributed by atoms with E-state index in [0.29, 0.717) is 5.82 Å². The Morgan fingerprint density at radius 2 is 1.88 bits per heavy atom. The van der Waals surface area contributed by atoms with Crippen LogP contribution in [0.25, 0.3) is 11.4 Å². The quantitative estimate of drug-likeness (QED) is 0.746. The molecule has 1 aromatic heterocycles. The molecule has 0 fully saturated rings. The molecule has 0 aliphatic heterocycles. The first kappa shape index (κ1) is 16.6. The number of hydrogen-bond donors (Lipinski definition) is 1. The van der Waals surface area contributed by atoms with Crippen LogP contribution in [0.1, 0.15) is 18.5 Å². The highest BCUT2D eigenvalue weighted by Crippen LogP contribution is 2.24. The van der Waals surface area contributed by atoms with Gasteiger partial charge in [0.25, 0.3) is 0 Å². The number of hydrogen-bond acceptors (Lipinski definition) is 5. The summed E-state index contributed by atoms with van der Waals surface area (Å²) in [5.74, 6) is 1.03. The average molecular weight is 337 g/mol. The molecule has 0 aliphatic carbocycles. The minimum Gasteiger partial charge on any atom is -0.496 e. The zero-order chi connectivity index (χ0) is 17.6. The van der Waals surface area contributed by atoms with E-state index in [4.69, 9.17) is 4.74 Å². The van der Waals surface area contributed by atoms with Crippen molar-refractivity contribution in [1.82, 2.24) is 25.5 Å². The van der Waals surface area contributed by atoms with Gasteiger partial charge in [-0.2, -0.15) is 4.80 Å². The van der Waals surface area contributed by atoms with Gasteiger partial charge in [-0.15, -0.1) is 10.2 Å². The summed E-state index contributed by atoms with van der Waals surface area (Å²) in [6.45, 7) is 1.90. The Balaban J connectivity index is 1.64. The summed E-state index contributed by atoms with van der Waals surface area (Å²) in [7, 11) is 1.61. The Labute approximate surface area is 145 Å². The molecule has 1 heterocycles. The maximum Gasteiger partial charge on any atom is 0.244 e. The summed E-state index contributed by atoms with van der Waals surface area (Å²) in [4.78, 5) is 13.5. The fourth-order valence-corrected chi connectivity index (χ4v) is 2.53. The molecule has 128 valence electrons. The number of rotatable bonds is 6. The monoisotopic (exact) mass is 337 g/mol. The molecule has 0 spiro atoms. The molecule has 25 heavy (non-hydrogen) atoms. The number of nitrogens with zero attached hydrogens (tertiary/aromatic N) is 4. The summed E-state index contributed by atoms with van der Waals surface area (Å²) >= 11 is 0. The van der Waals surface area contributed by atoms with Crippen molar-refractivity contribution in [3.05, 3.63) is 60.2 Å². The van der Waals surface area contributed by atoms with Crippen molar-refractivity contribution in [2.24, 2.45) is 0 Å². The maximum atomic E-state index is 12.3. The van der Waals surface area contributed by atoms with Crippen molar-refractivity contribution in [2.75, 3.05) is 7.11 Å². The number of ether oxygens (including phenoxy) is 1. The number of carbonyl (C=O) groups is 1. The third kappa shape index (κ3) is 4.00. The molecule has 0 saturated carbocycles. The van der Waals surface area contributed by atoms with Gasteiger partial charge in [0.2, 0.25) is 11.7 Å². The van der Waals surface area contributed by atoms with Crippen molar-refractivity contribution >= 4 is 5.91 Å². The molecule has 3 rings (SSSR count). The van der Waals surface area contributed by atoms with E-state index in [0.717, 1.165) is 16.9 Å². The first-order chi connectivity index (χ1) is 12.2. The molecule has 0 bridgehead atoms. The Kier molecular flexibility index (Phi) is 5.03. The van der Waals surface area contributed by atoms with E-state index in [1.54, 1.807) is 7.11 Å². The van der Waals surface area contributed by atoms with Crippen molar-refractivity contribution in [3.63, 3.8) is 0 Å². The van der Waals surface area contributed by atoms with Gasteiger partial charge in [0.15, 0.2) is 0 Å². The van der Waals surface area contributed by atoms with Crippen LogP contribution in [0.5, 0.6) is 5.75 Å². The average Bonchev–Trinajstić information content (AvgIpc) is 3.10. The van der Waals surface area contributed by atoms with Gasteiger partial charge in [-0.3, -0.25) is 4.79 Å². The van der Waals surface area contributed by atoms with Crippen LogP contribution in [-0.4, -0.2) is 33.2 Å². The van der Waals surface area contributed by atoms with E-state index in [9.17, 15) is 4.79 Å². The van der Waals surface area contributed by atoms with Crippen LogP contribution < -0.4 is 10.1 Å². The second-order valence-electron chi connectivity index (χ2n) is 5.54. The van der Waals surface area contributed by atoms with Crippen molar-refractivity contribution in [3.8, 4) is 17.1 Å². The highest BCUT2D eigenvalue weighted by Gasteiger charge is 2.15. The van der Waals surface area contributed by atoms with Crippen molar-refractivity contribution in [2.45, 2.75) is 19.5 Å². The minimum absolute atomic E-state index is 0.000672. The molecule has 7 heteroatoms. The Morgan fingerprint density at radius 3 is 2.64 bits per heavy atom. The number of amides is 1. The van der Waals surface area contributed by atoms with Gasteiger partial charge in [-0.25, -0.2) is 0 Å². The summed E-state index contributed by atoms with van der Waals surface area (Å²) in [6.07, 6.45) is 0. The van der Waals surface area contributed by atoms with Gasteiger partial charge in [-0.1, -0.05) is 48.5 Å². The molecule has 1 unspecified atom stereocenters. The third-order valence-electron chi connectivity index (χ3n) is 3.75. The van der Waals surface area contributed by atoms with E-state index in [-0.39, 0.29) is 18.5 Å². The van der Waals surface area contributed by atoms with Crippen LogP contribution in [0.4, 0.5) is 0 Å². The minimum atomic E-state index is -0.199. The largest absolute Gasteiger partial charge is 0.496 e. The predicted molar refractivity (Wildman–Crippen MR) is 92.8 cm³/mol. The molecule has 0 radical (unpaired) electrons. The molecule has 0 aliphatic rings. The van der Waals surface area contributed by atoms with E-state index >= 15 is 0 Å². The van der Waals surface area contributed by atoms with Gasteiger partial charge in [0.05, 0.1) is 13.2 Å². The predicted octanol–water partition coefficient (Wildman–Crippen LogP) is 2.23. The van der Waals surface area contributed by atoms with Crippen LogP contribution >= 0.6 is 0 Å². The third-order valence-corrected chi connectivity index (χ3v) is 3.75. The second kappa shape index (κ2) is 7.57. The number of carbonyl (C=O) groups excluding carboxylic acids is 1.